The van der Waals surface area contributed by atoms with Crippen molar-refractivity contribution >= 4 is 12.2 Å². The molecule has 1 fully saturated rings. The summed E-state index contributed by atoms with van der Waals surface area (Å²) in [6, 6.07) is 12.8. The number of imidazole rings is 2. The zero-order valence-corrected chi connectivity index (χ0v) is 18.9. The average Bonchev–Trinajstić information content (AvgIpc) is 3.55. The summed E-state index contributed by atoms with van der Waals surface area (Å²) in [6.07, 6.45) is 12.4. The van der Waals surface area contributed by atoms with Gasteiger partial charge in [-0.15, -0.1) is 0 Å². The van der Waals surface area contributed by atoms with Crippen molar-refractivity contribution in [1.29, 1.82) is 0 Å². The molecule has 2 aromatic heterocycles. The van der Waals surface area contributed by atoms with E-state index < -0.39 is 0 Å². The van der Waals surface area contributed by atoms with E-state index in [1.807, 2.05) is 36.3 Å². The molecule has 3 heterocycles. The molecule has 0 saturated carbocycles. The van der Waals surface area contributed by atoms with Gasteiger partial charge in [0.15, 0.2) is 0 Å². The van der Waals surface area contributed by atoms with Crippen molar-refractivity contribution in [2.75, 3.05) is 6.61 Å². The average molecular weight is 443 g/mol. The first-order valence-electron chi connectivity index (χ1n) is 11.3. The Morgan fingerprint density at radius 3 is 2.64 bits per heavy atom. The van der Waals surface area contributed by atoms with Gasteiger partial charge in [0.25, 0.3) is 0 Å². The molecule has 0 bridgehead atoms. The van der Waals surface area contributed by atoms with Crippen molar-refractivity contribution in [3.8, 4) is 16.9 Å². The summed E-state index contributed by atoms with van der Waals surface area (Å²) in [5, 5.41) is 0. The summed E-state index contributed by atoms with van der Waals surface area (Å²) in [5.41, 5.74) is 6.11. The zero-order chi connectivity index (χ0) is 22.8. The molecule has 0 radical (unpaired) electrons. The largest absolute Gasteiger partial charge is 0.376 e. The number of benzene rings is 2. The van der Waals surface area contributed by atoms with Crippen LogP contribution in [0.4, 0.5) is 4.39 Å². The fraction of sp³-hybridized carbons (Fsp3) is 0.259. The second kappa shape index (κ2) is 9.16. The third kappa shape index (κ3) is 4.81. The summed E-state index contributed by atoms with van der Waals surface area (Å²) in [4.78, 5) is 9.17. The molecule has 168 valence electrons. The lowest BCUT2D eigenvalue weighted by atomic mass is 10.1. The van der Waals surface area contributed by atoms with Gasteiger partial charge in [-0.1, -0.05) is 12.1 Å². The summed E-state index contributed by atoms with van der Waals surface area (Å²) in [6.45, 7) is 5.66. The number of halogens is 1. The monoisotopic (exact) mass is 442 g/mol. The van der Waals surface area contributed by atoms with Crippen LogP contribution in [0.15, 0.2) is 61.2 Å². The van der Waals surface area contributed by atoms with Crippen LogP contribution < -0.4 is 0 Å². The van der Waals surface area contributed by atoms with Crippen LogP contribution >= 0.6 is 0 Å². The van der Waals surface area contributed by atoms with Crippen LogP contribution in [0.2, 0.25) is 0 Å². The van der Waals surface area contributed by atoms with Crippen molar-refractivity contribution in [2.45, 2.75) is 39.3 Å². The van der Waals surface area contributed by atoms with Gasteiger partial charge in [0.2, 0.25) is 0 Å². The predicted molar refractivity (Wildman–Crippen MR) is 129 cm³/mol. The number of rotatable bonds is 6. The third-order valence-corrected chi connectivity index (χ3v) is 6.01. The van der Waals surface area contributed by atoms with Crippen molar-refractivity contribution in [3.05, 3.63) is 89.6 Å². The van der Waals surface area contributed by atoms with Crippen LogP contribution in [0, 0.1) is 19.7 Å². The van der Waals surface area contributed by atoms with E-state index in [0.717, 1.165) is 60.0 Å². The van der Waals surface area contributed by atoms with E-state index in [9.17, 15) is 4.39 Å². The van der Waals surface area contributed by atoms with Gasteiger partial charge in [-0.05, 0) is 80.3 Å². The first-order valence-corrected chi connectivity index (χ1v) is 11.3. The molecule has 0 N–H and O–H groups in total. The van der Waals surface area contributed by atoms with E-state index in [1.54, 1.807) is 12.1 Å². The van der Waals surface area contributed by atoms with Gasteiger partial charge >= 0.3 is 0 Å². The van der Waals surface area contributed by atoms with Crippen LogP contribution in [0.5, 0.6) is 0 Å². The fourth-order valence-electron chi connectivity index (χ4n) is 4.27. The Morgan fingerprint density at radius 2 is 1.94 bits per heavy atom. The maximum atomic E-state index is 13.4. The van der Waals surface area contributed by atoms with Crippen molar-refractivity contribution in [2.24, 2.45) is 0 Å². The van der Waals surface area contributed by atoms with Crippen LogP contribution in [0.3, 0.4) is 0 Å². The lowest BCUT2D eigenvalue weighted by molar-refractivity contribution is 0.0968. The highest BCUT2D eigenvalue weighted by molar-refractivity contribution is 5.70. The van der Waals surface area contributed by atoms with Crippen molar-refractivity contribution in [3.63, 3.8) is 0 Å². The Labute approximate surface area is 193 Å². The number of aromatic nitrogens is 4. The van der Waals surface area contributed by atoms with Gasteiger partial charge in [-0.25, -0.2) is 14.4 Å². The van der Waals surface area contributed by atoms with E-state index in [0.29, 0.717) is 0 Å². The highest BCUT2D eigenvalue weighted by Crippen LogP contribution is 2.23. The predicted octanol–water partition coefficient (Wildman–Crippen LogP) is 5.84. The smallest absolute Gasteiger partial charge is 0.133 e. The highest BCUT2D eigenvalue weighted by atomic mass is 19.1. The summed E-state index contributed by atoms with van der Waals surface area (Å²) < 4.78 is 23.4. The molecule has 0 spiro atoms. The van der Waals surface area contributed by atoms with Crippen molar-refractivity contribution in [1.82, 2.24) is 19.1 Å². The van der Waals surface area contributed by atoms with Gasteiger partial charge in [-0.2, -0.15) is 0 Å². The summed E-state index contributed by atoms with van der Waals surface area (Å²) in [5.74, 6) is 0.610. The molecule has 4 aromatic rings. The lowest BCUT2D eigenvalue weighted by Crippen LogP contribution is -2.15. The molecule has 1 aliphatic heterocycles. The SMILES string of the molecule is Cc1cn(-c2ccc(/C=C/c3nc(-c4ccc(F)cc4)cn3CC3CCCO3)cc2C)cn1. The number of hydrogen-bond acceptors (Lipinski definition) is 3. The molecule has 2 aromatic carbocycles. The Kier molecular flexibility index (Phi) is 5.92. The minimum atomic E-state index is -0.248. The molecule has 1 aliphatic rings. The van der Waals surface area contributed by atoms with Crippen LogP contribution in [0.25, 0.3) is 29.1 Å². The quantitative estimate of drug-likeness (QED) is 0.377. The molecule has 0 amide bonds. The number of nitrogens with zero attached hydrogens (tertiary/aromatic N) is 4. The minimum Gasteiger partial charge on any atom is -0.376 e. The summed E-state index contributed by atoms with van der Waals surface area (Å²) >= 11 is 0. The molecular formula is C27H27FN4O. The number of hydrogen-bond donors (Lipinski definition) is 0. The second-order valence-electron chi connectivity index (χ2n) is 8.58. The number of ether oxygens (including phenoxy) is 1. The van der Waals surface area contributed by atoms with E-state index >= 15 is 0 Å². The molecule has 0 aliphatic carbocycles. The molecular weight excluding hydrogens is 415 g/mol. The first kappa shape index (κ1) is 21.3. The zero-order valence-electron chi connectivity index (χ0n) is 18.9. The Morgan fingerprint density at radius 1 is 1.09 bits per heavy atom. The standard InChI is InChI=1S/C27H27FN4O/c1-19-14-21(5-11-26(19)32-15-20(2)29-18-32)6-12-27-30-25(22-7-9-23(28)10-8-22)17-31(27)16-24-4-3-13-33-24/h5-12,14-15,17-18,24H,3-4,13,16H2,1-2H3/b12-6+. The minimum absolute atomic E-state index is 0.201. The van der Waals surface area contributed by atoms with Gasteiger partial charge in [-0.3, -0.25) is 0 Å². The van der Waals surface area contributed by atoms with Crippen LogP contribution in [-0.2, 0) is 11.3 Å². The Bertz CT molecular complexity index is 1280. The van der Waals surface area contributed by atoms with Gasteiger partial charge in [0, 0.05) is 30.3 Å². The third-order valence-electron chi connectivity index (χ3n) is 6.01. The number of aryl methyl sites for hydroxylation is 2. The molecule has 33 heavy (non-hydrogen) atoms. The maximum Gasteiger partial charge on any atom is 0.133 e. The fourth-order valence-corrected chi connectivity index (χ4v) is 4.27. The highest BCUT2D eigenvalue weighted by Gasteiger charge is 2.18. The summed E-state index contributed by atoms with van der Waals surface area (Å²) in [7, 11) is 0. The van der Waals surface area contributed by atoms with Gasteiger partial charge in [0.1, 0.15) is 11.6 Å². The topological polar surface area (TPSA) is 44.9 Å². The van der Waals surface area contributed by atoms with Crippen molar-refractivity contribution < 1.29 is 9.13 Å². The maximum absolute atomic E-state index is 13.4. The molecule has 1 atom stereocenters. The molecule has 5 rings (SSSR count). The van der Waals surface area contributed by atoms with Gasteiger partial charge in [0.05, 0.1) is 30.4 Å². The van der Waals surface area contributed by atoms with E-state index in [-0.39, 0.29) is 11.9 Å². The molecule has 6 heteroatoms. The van der Waals surface area contributed by atoms with Gasteiger partial charge < -0.3 is 13.9 Å². The lowest BCUT2D eigenvalue weighted by Gasteiger charge is -2.11. The van der Waals surface area contributed by atoms with Crippen LogP contribution in [0.1, 0.15) is 35.5 Å². The Balaban J connectivity index is 1.43. The van der Waals surface area contributed by atoms with E-state index in [4.69, 9.17) is 9.72 Å². The Hall–Kier alpha value is -3.51. The molecule has 1 unspecified atom stereocenters. The molecule has 1 saturated heterocycles. The van der Waals surface area contributed by atoms with Crippen LogP contribution in [-0.4, -0.2) is 31.8 Å². The van der Waals surface area contributed by atoms with E-state index in [2.05, 4.69) is 40.7 Å². The normalized spacial score (nSPS) is 16.2. The first-order chi connectivity index (χ1) is 16.0. The molecule has 5 nitrogen and oxygen atoms in total. The van der Waals surface area contributed by atoms with E-state index in [1.165, 1.54) is 17.7 Å². The second-order valence-corrected chi connectivity index (χ2v) is 8.58.